The third-order valence-corrected chi connectivity index (χ3v) is 5.93. The highest BCUT2D eigenvalue weighted by Crippen LogP contribution is 2.38. The van der Waals surface area contributed by atoms with E-state index in [0.717, 1.165) is 35.1 Å². The van der Waals surface area contributed by atoms with Crippen molar-refractivity contribution in [3.63, 3.8) is 0 Å². The maximum absolute atomic E-state index is 9.72. The monoisotopic (exact) mass is 496 g/mol. The lowest BCUT2D eigenvalue weighted by molar-refractivity contribution is -0.0475. The van der Waals surface area contributed by atoms with E-state index in [1.54, 1.807) is 13.3 Å². The quantitative estimate of drug-likeness (QED) is 0.488. The minimum absolute atomic E-state index is 0.0983. The minimum atomic E-state index is -0.0983. The molecule has 0 saturated carbocycles. The van der Waals surface area contributed by atoms with Gasteiger partial charge in [0.25, 0.3) is 0 Å². The first-order valence-corrected chi connectivity index (χ1v) is 11.3. The zero-order valence-electron chi connectivity index (χ0n) is 18.1. The van der Waals surface area contributed by atoms with Crippen molar-refractivity contribution in [3.8, 4) is 17.6 Å². The fourth-order valence-electron chi connectivity index (χ4n) is 3.81. The summed E-state index contributed by atoms with van der Waals surface area (Å²) in [4.78, 5) is 6.75. The number of aromatic nitrogens is 1. The molecule has 0 radical (unpaired) electrons. The molecule has 0 spiro atoms. The van der Waals surface area contributed by atoms with Gasteiger partial charge >= 0.3 is 0 Å². The highest BCUT2D eigenvalue weighted by Gasteiger charge is 2.23. The predicted octanol–water partition coefficient (Wildman–Crippen LogP) is 5.07. The Bertz CT molecular complexity index is 1140. The van der Waals surface area contributed by atoms with Gasteiger partial charge < -0.3 is 19.5 Å². The van der Waals surface area contributed by atoms with E-state index in [2.05, 4.69) is 44.1 Å². The molecule has 1 aliphatic heterocycles. The van der Waals surface area contributed by atoms with E-state index >= 15 is 0 Å². The van der Waals surface area contributed by atoms with Gasteiger partial charge in [-0.2, -0.15) is 5.26 Å². The van der Waals surface area contributed by atoms with E-state index < -0.39 is 0 Å². The second-order valence-electron chi connectivity index (χ2n) is 7.44. The van der Waals surface area contributed by atoms with Crippen LogP contribution in [-0.2, 0) is 4.74 Å². The Morgan fingerprint density at radius 1 is 1.25 bits per heavy atom. The summed E-state index contributed by atoms with van der Waals surface area (Å²) in [5, 5.41) is 13.9. The summed E-state index contributed by atoms with van der Waals surface area (Å²) >= 11 is 3.50. The molecule has 166 valence electrons. The lowest BCUT2D eigenvalue weighted by atomic mass is 10.1. The first-order chi connectivity index (χ1) is 15.6. The van der Waals surface area contributed by atoms with E-state index in [1.165, 1.54) is 0 Å². The number of nitrogens with zero attached hydrogens (tertiary/aromatic N) is 3. The number of ether oxygens (including phenoxy) is 3. The number of methoxy groups -OCH3 is 1. The van der Waals surface area contributed by atoms with Crippen molar-refractivity contribution in [3.05, 3.63) is 52.6 Å². The van der Waals surface area contributed by atoms with Gasteiger partial charge in [-0.3, -0.25) is 9.88 Å². The Hall–Kier alpha value is -2.86. The first-order valence-electron chi connectivity index (χ1n) is 10.5. The molecule has 0 amide bonds. The number of rotatable bonds is 7. The molecular weight excluding hydrogens is 472 g/mol. The SMILES string of the molecule is CCC(Oc1cc2c(Nc3cccc(Br)c3)c(C#N)cnc2cc1OC)N1CCOCC1. The third kappa shape index (κ3) is 4.80. The molecule has 0 aliphatic carbocycles. The van der Waals surface area contributed by atoms with Gasteiger partial charge in [0, 0.05) is 40.9 Å². The van der Waals surface area contributed by atoms with E-state index in [-0.39, 0.29) is 6.23 Å². The zero-order valence-corrected chi connectivity index (χ0v) is 19.7. The minimum Gasteiger partial charge on any atom is -0.493 e. The van der Waals surface area contributed by atoms with Crippen LogP contribution in [0.2, 0.25) is 0 Å². The number of halogens is 1. The molecule has 1 aliphatic rings. The molecule has 2 aromatic carbocycles. The van der Waals surface area contributed by atoms with Crippen molar-refractivity contribution in [2.45, 2.75) is 19.6 Å². The molecule has 1 N–H and O–H groups in total. The molecule has 1 atom stereocenters. The number of morpholine rings is 1. The maximum Gasteiger partial charge on any atom is 0.164 e. The summed E-state index contributed by atoms with van der Waals surface area (Å²) in [5.74, 6) is 1.22. The van der Waals surface area contributed by atoms with Crippen LogP contribution < -0.4 is 14.8 Å². The first kappa shape index (κ1) is 22.3. The average Bonchev–Trinajstić information content (AvgIpc) is 2.83. The fourth-order valence-corrected chi connectivity index (χ4v) is 4.21. The Morgan fingerprint density at radius 3 is 2.75 bits per heavy atom. The normalized spacial score (nSPS) is 15.2. The summed E-state index contributed by atoms with van der Waals surface area (Å²) < 4.78 is 18.5. The summed E-state index contributed by atoms with van der Waals surface area (Å²) in [5.41, 5.74) is 2.71. The summed E-state index contributed by atoms with van der Waals surface area (Å²) in [6.45, 7) is 5.15. The second-order valence-corrected chi connectivity index (χ2v) is 8.36. The Labute approximate surface area is 196 Å². The molecule has 1 unspecified atom stereocenters. The Kier molecular flexibility index (Phi) is 7.10. The van der Waals surface area contributed by atoms with Crippen LogP contribution in [-0.4, -0.2) is 49.5 Å². The van der Waals surface area contributed by atoms with Crippen LogP contribution in [0.25, 0.3) is 10.9 Å². The number of nitriles is 1. The van der Waals surface area contributed by atoms with E-state index in [4.69, 9.17) is 14.2 Å². The molecular formula is C24H25BrN4O3. The molecule has 1 saturated heterocycles. The molecule has 1 fully saturated rings. The van der Waals surface area contributed by atoms with Crippen molar-refractivity contribution in [2.24, 2.45) is 0 Å². The smallest absolute Gasteiger partial charge is 0.164 e. The summed E-state index contributed by atoms with van der Waals surface area (Å²) in [6, 6.07) is 13.8. The summed E-state index contributed by atoms with van der Waals surface area (Å²) in [7, 11) is 1.62. The van der Waals surface area contributed by atoms with Gasteiger partial charge in [0.15, 0.2) is 17.7 Å². The molecule has 0 bridgehead atoms. The number of benzene rings is 2. The third-order valence-electron chi connectivity index (χ3n) is 5.43. The molecule has 2 heterocycles. The van der Waals surface area contributed by atoms with Gasteiger partial charge in [-0.15, -0.1) is 0 Å². The molecule has 32 heavy (non-hydrogen) atoms. The van der Waals surface area contributed by atoms with Crippen LogP contribution in [0, 0.1) is 11.3 Å². The molecule has 7 nitrogen and oxygen atoms in total. The van der Waals surface area contributed by atoms with Crippen molar-refractivity contribution in [1.82, 2.24) is 9.88 Å². The Morgan fingerprint density at radius 2 is 2.06 bits per heavy atom. The highest BCUT2D eigenvalue weighted by molar-refractivity contribution is 9.10. The van der Waals surface area contributed by atoms with Gasteiger partial charge in [-0.1, -0.05) is 28.9 Å². The summed E-state index contributed by atoms with van der Waals surface area (Å²) in [6.07, 6.45) is 2.30. The van der Waals surface area contributed by atoms with Gasteiger partial charge in [0.2, 0.25) is 0 Å². The van der Waals surface area contributed by atoms with Crippen LogP contribution in [0.5, 0.6) is 11.5 Å². The zero-order chi connectivity index (χ0) is 22.5. The van der Waals surface area contributed by atoms with E-state index in [0.29, 0.717) is 41.5 Å². The lowest BCUT2D eigenvalue weighted by Crippen LogP contribution is -2.46. The number of hydrogen-bond acceptors (Lipinski definition) is 7. The number of anilines is 2. The van der Waals surface area contributed by atoms with Gasteiger partial charge in [0.1, 0.15) is 6.07 Å². The highest BCUT2D eigenvalue weighted by atomic mass is 79.9. The molecule has 8 heteroatoms. The van der Waals surface area contributed by atoms with E-state index in [1.807, 2.05) is 36.4 Å². The molecule has 4 rings (SSSR count). The number of fused-ring (bicyclic) bond motifs is 1. The van der Waals surface area contributed by atoms with Gasteiger partial charge in [-0.05, 0) is 30.7 Å². The van der Waals surface area contributed by atoms with Gasteiger partial charge in [0.05, 0.1) is 37.1 Å². The van der Waals surface area contributed by atoms with Crippen molar-refractivity contribution < 1.29 is 14.2 Å². The Balaban J connectivity index is 1.77. The topological polar surface area (TPSA) is 79.6 Å². The molecule has 1 aromatic heterocycles. The van der Waals surface area contributed by atoms with Crippen molar-refractivity contribution in [2.75, 3.05) is 38.7 Å². The average molecular weight is 497 g/mol. The number of hydrogen-bond donors (Lipinski definition) is 1. The maximum atomic E-state index is 9.72. The number of nitrogens with one attached hydrogen (secondary N) is 1. The van der Waals surface area contributed by atoms with Crippen molar-refractivity contribution in [1.29, 1.82) is 5.26 Å². The fraction of sp³-hybridized carbons (Fsp3) is 0.333. The van der Waals surface area contributed by atoms with Crippen molar-refractivity contribution >= 4 is 38.2 Å². The van der Waals surface area contributed by atoms with Crippen LogP contribution in [0.1, 0.15) is 18.9 Å². The van der Waals surface area contributed by atoms with Crippen LogP contribution in [0.4, 0.5) is 11.4 Å². The van der Waals surface area contributed by atoms with E-state index in [9.17, 15) is 5.26 Å². The molecule has 3 aromatic rings. The van der Waals surface area contributed by atoms with Crippen LogP contribution in [0.3, 0.4) is 0 Å². The van der Waals surface area contributed by atoms with Crippen LogP contribution >= 0.6 is 15.9 Å². The van der Waals surface area contributed by atoms with Gasteiger partial charge in [-0.25, -0.2) is 0 Å². The van der Waals surface area contributed by atoms with Crippen LogP contribution in [0.15, 0.2) is 47.1 Å². The number of pyridine rings is 1. The standard InChI is InChI=1S/C24H25BrN4O3/c1-3-23(29-7-9-31-10-8-29)32-22-12-19-20(13-21(22)30-2)27-15-16(14-26)24(19)28-18-6-4-5-17(25)11-18/h4-6,11-13,15,23H,3,7-10H2,1-2H3,(H,27,28). The predicted molar refractivity (Wildman–Crippen MR) is 128 cm³/mol. The lowest BCUT2D eigenvalue weighted by Gasteiger charge is -2.34. The second kappa shape index (κ2) is 10.2. The largest absolute Gasteiger partial charge is 0.493 e.